The molecule has 0 amide bonds. The van der Waals surface area contributed by atoms with Crippen molar-refractivity contribution in [1.82, 2.24) is 0 Å². The molecule has 1 heterocycles. The summed E-state index contributed by atoms with van der Waals surface area (Å²) in [7, 11) is 0. The van der Waals surface area contributed by atoms with Crippen LogP contribution in [0.5, 0.6) is 0 Å². The van der Waals surface area contributed by atoms with Gasteiger partial charge in [0, 0.05) is 6.42 Å². The largest absolute Gasteiger partial charge is 0.489 e. The molecule has 1 aliphatic heterocycles. The Morgan fingerprint density at radius 2 is 2.43 bits per heavy atom. The van der Waals surface area contributed by atoms with Crippen molar-refractivity contribution in [1.29, 1.82) is 0 Å². The first kappa shape index (κ1) is 10.6. The third-order valence-electron chi connectivity index (χ3n) is 1.76. The van der Waals surface area contributed by atoms with E-state index in [1.807, 2.05) is 6.92 Å². The van der Waals surface area contributed by atoms with Crippen LogP contribution in [0.1, 0.15) is 13.3 Å². The molecule has 0 saturated heterocycles. The first-order valence-electron chi connectivity index (χ1n) is 4.42. The van der Waals surface area contributed by atoms with Gasteiger partial charge in [0.15, 0.2) is 0 Å². The Morgan fingerprint density at radius 1 is 1.71 bits per heavy atom. The number of carbonyl (C=O) groups is 1. The van der Waals surface area contributed by atoms with Crippen molar-refractivity contribution in [2.24, 2.45) is 0 Å². The fourth-order valence-corrected chi connectivity index (χ4v) is 1.10. The lowest BCUT2D eigenvalue weighted by Crippen LogP contribution is -1.99. The van der Waals surface area contributed by atoms with Gasteiger partial charge in [-0.3, -0.25) is 0 Å². The van der Waals surface area contributed by atoms with Gasteiger partial charge in [0.2, 0.25) is 0 Å². The molecule has 0 aromatic rings. The Balaban J connectivity index is 2.66. The second kappa shape index (κ2) is 4.65. The molecule has 14 heavy (non-hydrogen) atoms. The van der Waals surface area contributed by atoms with Crippen LogP contribution in [0, 0.1) is 0 Å². The number of hydrogen-bond donors (Lipinski definition) is 0. The number of ether oxygens (including phenoxy) is 2. The van der Waals surface area contributed by atoms with Gasteiger partial charge in [0.25, 0.3) is 0 Å². The third-order valence-corrected chi connectivity index (χ3v) is 1.76. The van der Waals surface area contributed by atoms with E-state index in [2.05, 4.69) is 13.2 Å². The first-order chi connectivity index (χ1) is 6.65. The quantitative estimate of drug-likeness (QED) is 0.495. The van der Waals surface area contributed by atoms with Gasteiger partial charge in [-0.25, -0.2) is 4.79 Å². The van der Waals surface area contributed by atoms with E-state index in [1.165, 1.54) is 0 Å². The Bertz CT molecular complexity index is 300. The van der Waals surface area contributed by atoms with Crippen molar-refractivity contribution in [3.63, 3.8) is 0 Å². The number of cyclic esters (lactones) is 1. The second-order valence-corrected chi connectivity index (χ2v) is 3.22. The van der Waals surface area contributed by atoms with E-state index >= 15 is 0 Å². The summed E-state index contributed by atoms with van der Waals surface area (Å²) in [5.74, 6) is 0.305. The molecule has 0 N–H and O–H groups in total. The highest BCUT2D eigenvalue weighted by molar-refractivity contribution is 5.91. The Labute approximate surface area is 83.7 Å². The molecule has 1 rings (SSSR count). The van der Waals surface area contributed by atoms with E-state index in [4.69, 9.17) is 9.47 Å². The summed E-state index contributed by atoms with van der Waals surface area (Å²) in [6.07, 6.45) is 2.15. The van der Waals surface area contributed by atoms with Gasteiger partial charge >= 0.3 is 5.97 Å². The van der Waals surface area contributed by atoms with Gasteiger partial charge in [-0.1, -0.05) is 12.7 Å². The van der Waals surface area contributed by atoms with Crippen molar-refractivity contribution in [3.8, 4) is 0 Å². The summed E-state index contributed by atoms with van der Waals surface area (Å²) in [6.45, 7) is 9.81. The predicted octanol–water partition coefficient (Wildman–Crippen LogP) is 1.97. The highest BCUT2D eigenvalue weighted by atomic mass is 16.6. The van der Waals surface area contributed by atoms with Crippen LogP contribution in [0.25, 0.3) is 0 Å². The molecule has 3 heteroatoms. The lowest BCUT2D eigenvalue weighted by Gasteiger charge is -2.05. The van der Waals surface area contributed by atoms with Gasteiger partial charge < -0.3 is 9.47 Å². The van der Waals surface area contributed by atoms with Gasteiger partial charge in [0.05, 0.1) is 5.57 Å². The van der Waals surface area contributed by atoms with Crippen LogP contribution < -0.4 is 0 Å². The lowest BCUT2D eigenvalue weighted by molar-refractivity contribution is -0.136. The fourth-order valence-electron chi connectivity index (χ4n) is 1.10. The van der Waals surface area contributed by atoms with Crippen molar-refractivity contribution in [2.75, 3.05) is 13.2 Å². The summed E-state index contributed by atoms with van der Waals surface area (Å²) >= 11 is 0. The molecular weight excluding hydrogens is 180 g/mol. The molecule has 0 saturated carbocycles. The van der Waals surface area contributed by atoms with Crippen molar-refractivity contribution >= 4 is 5.97 Å². The van der Waals surface area contributed by atoms with Crippen LogP contribution >= 0.6 is 0 Å². The molecule has 76 valence electrons. The number of esters is 1. The standard InChI is InChI=1S/C11H14O3/c1-4-5-9-10(7-14-11(9)12)13-6-8(2)3/h4H,1-2,5-7H2,3H3. The molecule has 0 radical (unpaired) electrons. The number of rotatable bonds is 5. The molecule has 0 aromatic carbocycles. The maximum absolute atomic E-state index is 11.2. The van der Waals surface area contributed by atoms with Crippen LogP contribution in [-0.2, 0) is 14.3 Å². The minimum absolute atomic E-state index is 0.231. The monoisotopic (exact) mass is 194 g/mol. The van der Waals surface area contributed by atoms with E-state index in [9.17, 15) is 4.79 Å². The van der Waals surface area contributed by atoms with Crippen molar-refractivity contribution in [2.45, 2.75) is 13.3 Å². The molecule has 1 aliphatic rings. The van der Waals surface area contributed by atoms with E-state index in [-0.39, 0.29) is 12.6 Å². The van der Waals surface area contributed by atoms with E-state index < -0.39 is 0 Å². The van der Waals surface area contributed by atoms with Gasteiger partial charge in [0.1, 0.15) is 19.0 Å². The number of hydrogen-bond acceptors (Lipinski definition) is 3. The van der Waals surface area contributed by atoms with Crippen LogP contribution in [0.2, 0.25) is 0 Å². The fraction of sp³-hybridized carbons (Fsp3) is 0.364. The molecule has 0 spiro atoms. The number of allylic oxidation sites excluding steroid dienone is 1. The third kappa shape index (κ3) is 2.49. The average molecular weight is 194 g/mol. The Hall–Kier alpha value is -1.51. The molecule has 0 unspecified atom stereocenters. The summed E-state index contributed by atoms with van der Waals surface area (Å²) < 4.78 is 10.2. The molecule has 3 nitrogen and oxygen atoms in total. The molecular formula is C11H14O3. The zero-order valence-corrected chi connectivity index (χ0v) is 8.34. The maximum atomic E-state index is 11.2. The zero-order valence-electron chi connectivity index (χ0n) is 8.34. The Kier molecular flexibility index (Phi) is 3.51. The maximum Gasteiger partial charge on any atom is 0.338 e. The average Bonchev–Trinajstić information content (AvgIpc) is 2.46. The molecule has 0 bridgehead atoms. The first-order valence-corrected chi connectivity index (χ1v) is 4.42. The lowest BCUT2D eigenvalue weighted by atomic mass is 10.2. The van der Waals surface area contributed by atoms with Crippen molar-refractivity contribution < 1.29 is 14.3 Å². The summed E-state index contributed by atoms with van der Waals surface area (Å²) in [4.78, 5) is 11.2. The number of carbonyl (C=O) groups excluding carboxylic acids is 1. The zero-order chi connectivity index (χ0) is 10.6. The smallest absolute Gasteiger partial charge is 0.338 e. The minimum Gasteiger partial charge on any atom is -0.489 e. The van der Waals surface area contributed by atoms with Gasteiger partial charge in [-0.2, -0.15) is 0 Å². The van der Waals surface area contributed by atoms with E-state index in [0.717, 1.165) is 5.57 Å². The van der Waals surface area contributed by atoms with E-state index in [1.54, 1.807) is 6.08 Å². The molecule has 0 atom stereocenters. The van der Waals surface area contributed by atoms with Gasteiger partial charge in [-0.15, -0.1) is 6.58 Å². The highest BCUT2D eigenvalue weighted by Gasteiger charge is 2.24. The molecule has 0 aliphatic carbocycles. The second-order valence-electron chi connectivity index (χ2n) is 3.22. The van der Waals surface area contributed by atoms with Crippen LogP contribution in [0.15, 0.2) is 36.1 Å². The van der Waals surface area contributed by atoms with Gasteiger partial charge in [-0.05, 0) is 12.5 Å². The molecule has 0 fully saturated rings. The SMILES string of the molecule is C=CCC1=C(OCC(=C)C)COC1=O. The summed E-state index contributed by atoms with van der Waals surface area (Å²) in [5, 5.41) is 0. The van der Waals surface area contributed by atoms with Crippen molar-refractivity contribution in [3.05, 3.63) is 36.1 Å². The highest BCUT2D eigenvalue weighted by Crippen LogP contribution is 2.20. The van der Waals surface area contributed by atoms with Crippen LogP contribution in [0.3, 0.4) is 0 Å². The summed E-state index contributed by atoms with van der Waals surface area (Å²) in [6, 6.07) is 0. The normalized spacial score (nSPS) is 15.4. The van der Waals surface area contributed by atoms with Crippen LogP contribution in [-0.4, -0.2) is 19.2 Å². The Morgan fingerprint density at radius 3 is 3.00 bits per heavy atom. The topological polar surface area (TPSA) is 35.5 Å². The predicted molar refractivity (Wildman–Crippen MR) is 53.6 cm³/mol. The summed E-state index contributed by atoms with van der Waals surface area (Å²) in [5.41, 5.74) is 1.48. The van der Waals surface area contributed by atoms with Crippen LogP contribution in [0.4, 0.5) is 0 Å². The van der Waals surface area contributed by atoms with E-state index in [0.29, 0.717) is 24.4 Å². The molecule has 0 aromatic heterocycles. The minimum atomic E-state index is -0.304.